The Balaban J connectivity index is 2.41. The molecule has 1 N–H and O–H groups in total. The minimum absolute atomic E-state index is 0.0104. The lowest BCUT2D eigenvalue weighted by molar-refractivity contribution is -0.133. The molecule has 0 saturated heterocycles. The van der Waals surface area contributed by atoms with Gasteiger partial charge >= 0.3 is 5.97 Å². The Bertz CT molecular complexity index is 527. The van der Waals surface area contributed by atoms with Crippen molar-refractivity contribution >= 4 is 23.7 Å². The van der Waals surface area contributed by atoms with Crippen molar-refractivity contribution in [1.29, 1.82) is 0 Å². The molecule has 4 nitrogen and oxygen atoms in total. The van der Waals surface area contributed by atoms with Gasteiger partial charge in [0.15, 0.2) is 0 Å². The van der Waals surface area contributed by atoms with E-state index < -0.39 is 23.6 Å². The van der Waals surface area contributed by atoms with Gasteiger partial charge in [0, 0.05) is 30.3 Å². The smallest absolute Gasteiger partial charge is 0.333 e. The molecule has 0 spiro atoms. The second kappa shape index (κ2) is 4.78. The summed E-state index contributed by atoms with van der Waals surface area (Å²) in [4.78, 5) is 22.6. The molecule has 0 fully saturated rings. The van der Waals surface area contributed by atoms with Crippen LogP contribution in [0.4, 0.5) is 4.39 Å². The Morgan fingerprint density at radius 1 is 1.39 bits per heavy atom. The van der Waals surface area contributed by atoms with Gasteiger partial charge in [-0.15, -0.1) is 0 Å². The number of carbonyl (C=O) groups excluding carboxylic acids is 1. The molecule has 1 heterocycles. The first-order valence-corrected chi connectivity index (χ1v) is 5.51. The molecule has 0 aromatic heterocycles. The quantitative estimate of drug-likeness (QED) is 0.838. The Morgan fingerprint density at radius 2 is 2.00 bits per heavy atom. The van der Waals surface area contributed by atoms with Gasteiger partial charge in [0.2, 0.25) is 5.91 Å². The van der Waals surface area contributed by atoms with Crippen molar-refractivity contribution in [2.75, 3.05) is 0 Å². The highest BCUT2D eigenvalue weighted by molar-refractivity contribution is 6.23. The van der Waals surface area contributed by atoms with Crippen LogP contribution in [0, 0.1) is 5.82 Å². The maximum atomic E-state index is 12.8. The minimum Gasteiger partial charge on any atom is -0.478 e. The van der Waals surface area contributed by atoms with Crippen LogP contribution in [0.1, 0.15) is 17.9 Å². The van der Waals surface area contributed by atoms with Crippen molar-refractivity contribution < 1.29 is 19.1 Å². The molecule has 2 rings (SSSR count). The summed E-state index contributed by atoms with van der Waals surface area (Å²) in [5, 5.41) is 9.09. The molecule has 1 aliphatic heterocycles. The lowest BCUT2D eigenvalue weighted by Crippen LogP contribution is -2.28. The van der Waals surface area contributed by atoms with Crippen molar-refractivity contribution in [3.63, 3.8) is 0 Å². The van der Waals surface area contributed by atoms with Gasteiger partial charge in [-0.25, -0.2) is 13.6 Å². The summed E-state index contributed by atoms with van der Waals surface area (Å²) in [7, 11) is 0. The number of carboxylic acid groups (broad SMARTS) is 1. The maximum absolute atomic E-state index is 12.8. The van der Waals surface area contributed by atoms with Crippen molar-refractivity contribution in [1.82, 2.24) is 4.42 Å². The maximum Gasteiger partial charge on any atom is 0.333 e. The monoisotopic (exact) mass is 269 g/mol. The van der Waals surface area contributed by atoms with E-state index >= 15 is 0 Å². The van der Waals surface area contributed by atoms with Crippen LogP contribution in [0.3, 0.4) is 0 Å². The van der Waals surface area contributed by atoms with Crippen LogP contribution >= 0.6 is 11.8 Å². The molecule has 18 heavy (non-hydrogen) atoms. The summed E-state index contributed by atoms with van der Waals surface area (Å²) in [5.41, 5.74) is 0.583. The number of carbonyl (C=O) groups is 2. The topological polar surface area (TPSA) is 57.6 Å². The third-order valence-electron chi connectivity index (χ3n) is 2.76. The van der Waals surface area contributed by atoms with E-state index in [-0.39, 0.29) is 12.0 Å². The zero-order valence-electron chi connectivity index (χ0n) is 9.14. The summed E-state index contributed by atoms with van der Waals surface area (Å²) in [6.07, 6.45) is 1.04. The molecule has 0 unspecified atom stereocenters. The normalized spacial score (nSPS) is 19.7. The Hall–Kier alpha value is -1.88. The SMILES string of the molecule is O=C(O)C1=CN(Cl)C(=O)C[C@H]1c1ccc(F)cc1. The van der Waals surface area contributed by atoms with Crippen LogP contribution in [-0.4, -0.2) is 21.4 Å². The molecular weight excluding hydrogens is 261 g/mol. The van der Waals surface area contributed by atoms with E-state index in [1.54, 1.807) is 0 Å². The molecule has 0 aliphatic carbocycles. The minimum atomic E-state index is -1.15. The first-order chi connectivity index (χ1) is 8.49. The predicted molar refractivity (Wildman–Crippen MR) is 62.2 cm³/mol. The summed E-state index contributed by atoms with van der Waals surface area (Å²) in [6, 6.07) is 5.39. The third kappa shape index (κ3) is 2.36. The summed E-state index contributed by atoms with van der Waals surface area (Å²) >= 11 is 5.57. The average molecular weight is 270 g/mol. The molecule has 0 saturated carbocycles. The van der Waals surface area contributed by atoms with Crippen molar-refractivity contribution in [3.8, 4) is 0 Å². The standard InChI is InChI=1S/C12H9ClFNO3/c13-15-6-10(12(17)18)9(5-11(15)16)7-1-3-8(14)4-2-7/h1-4,6,9H,5H2,(H,17,18)/t9-/m0/s1. The Labute approximate surface area is 107 Å². The van der Waals surface area contributed by atoms with Crippen LogP contribution in [0.5, 0.6) is 0 Å². The highest BCUT2D eigenvalue weighted by Crippen LogP contribution is 2.33. The number of benzene rings is 1. The largest absolute Gasteiger partial charge is 0.478 e. The van der Waals surface area contributed by atoms with Gasteiger partial charge in [-0.2, -0.15) is 0 Å². The predicted octanol–water partition coefficient (Wildman–Crippen LogP) is 2.26. The van der Waals surface area contributed by atoms with E-state index in [0.717, 1.165) is 10.6 Å². The van der Waals surface area contributed by atoms with Gasteiger partial charge in [-0.05, 0) is 17.7 Å². The molecule has 1 atom stereocenters. The summed E-state index contributed by atoms with van der Waals surface area (Å²) in [6.45, 7) is 0. The molecule has 0 bridgehead atoms. The highest BCUT2D eigenvalue weighted by atomic mass is 35.5. The lowest BCUT2D eigenvalue weighted by atomic mass is 9.86. The lowest BCUT2D eigenvalue weighted by Gasteiger charge is -2.25. The summed E-state index contributed by atoms with van der Waals surface area (Å²) in [5.74, 6) is -2.57. The van der Waals surface area contributed by atoms with E-state index in [1.165, 1.54) is 24.3 Å². The molecule has 1 aromatic carbocycles. The van der Waals surface area contributed by atoms with Gasteiger partial charge in [0.1, 0.15) is 5.82 Å². The second-order valence-electron chi connectivity index (χ2n) is 3.90. The second-order valence-corrected chi connectivity index (χ2v) is 4.27. The fraction of sp³-hybridized carbons (Fsp3) is 0.167. The van der Waals surface area contributed by atoms with Crippen LogP contribution in [0.2, 0.25) is 0 Å². The van der Waals surface area contributed by atoms with Crippen LogP contribution in [0.25, 0.3) is 0 Å². The number of halogens is 2. The van der Waals surface area contributed by atoms with Crippen molar-refractivity contribution in [2.45, 2.75) is 12.3 Å². The molecule has 1 aromatic rings. The number of amides is 1. The van der Waals surface area contributed by atoms with Crippen molar-refractivity contribution in [2.24, 2.45) is 0 Å². The van der Waals surface area contributed by atoms with Crippen LogP contribution in [-0.2, 0) is 9.59 Å². The third-order valence-corrected chi connectivity index (χ3v) is 3.05. The fourth-order valence-electron chi connectivity index (χ4n) is 1.85. The molecule has 1 amide bonds. The first kappa shape index (κ1) is 12.6. The summed E-state index contributed by atoms with van der Waals surface area (Å²) < 4.78 is 13.6. The number of carboxylic acids is 1. The molecule has 1 aliphatic rings. The van der Waals surface area contributed by atoms with E-state index in [1.807, 2.05) is 0 Å². The van der Waals surface area contributed by atoms with E-state index in [0.29, 0.717) is 5.56 Å². The number of rotatable bonds is 2. The van der Waals surface area contributed by atoms with E-state index in [4.69, 9.17) is 16.9 Å². The number of aliphatic carboxylic acids is 1. The molecule has 0 radical (unpaired) electrons. The van der Waals surface area contributed by atoms with Gasteiger partial charge < -0.3 is 5.11 Å². The molecular formula is C12H9ClFNO3. The first-order valence-electron chi connectivity index (χ1n) is 5.17. The Morgan fingerprint density at radius 3 is 2.56 bits per heavy atom. The van der Waals surface area contributed by atoms with E-state index in [9.17, 15) is 14.0 Å². The molecule has 94 valence electrons. The van der Waals surface area contributed by atoms with Crippen LogP contribution < -0.4 is 0 Å². The number of hydrogen-bond acceptors (Lipinski definition) is 2. The average Bonchev–Trinajstić information content (AvgIpc) is 2.33. The Kier molecular flexibility index (Phi) is 3.34. The fourth-order valence-corrected chi connectivity index (χ4v) is 2.03. The number of hydrogen-bond donors (Lipinski definition) is 1. The van der Waals surface area contributed by atoms with Gasteiger partial charge in [-0.1, -0.05) is 12.1 Å². The zero-order valence-corrected chi connectivity index (χ0v) is 9.89. The van der Waals surface area contributed by atoms with Gasteiger partial charge in [0.25, 0.3) is 0 Å². The van der Waals surface area contributed by atoms with Crippen LogP contribution in [0.15, 0.2) is 36.0 Å². The highest BCUT2D eigenvalue weighted by Gasteiger charge is 2.31. The molecule has 6 heteroatoms. The van der Waals surface area contributed by atoms with E-state index in [2.05, 4.69) is 0 Å². The van der Waals surface area contributed by atoms with Crippen molar-refractivity contribution in [3.05, 3.63) is 47.4 Å². The van der Waals surface area contributed by atoms with Gasteiger partial charge in [0.05, 0.1) is 5.57 Å². The van der Waals surface area contributed by atoms with Gasteiger partial charge in [-0.3, -0.25) is 4.79 Å². The number of nitrogens with zero attached hydrogens (tertiary/aromatic N) is 1. The zero-order chi connectivity index (χ0) is 13.3.